The van der Waals surface area contributed by atoms with Crippen LogP contribution in [0.15, 0.2) is 30.3 Å². The molecule has 3 heterocycles. The minimum absolute atomic E-state index is 0.0687. The summed E-state index contributed by atoms with van der Waals surface area (Å²) >= 11 is 0. The Hall–Kier alpha value is -2.37. The first-order valence-electron chi connectivity index (χ1n) is 9.67. The van der Waals surface area contributed by atoms with Crippen LogP contribution < -0.4 is 10.2 Å². The number of benzene rings is 1. The number of aromatic nitrogens is 3. The van der Waals surface area contributed by atoms with E-state index < -0.39 is 0 Å². The van der Waals surface area contributed by atoms with Crippen molar-refractivity contribution in [2.45, 2.75) is 64.1 Å². The van der Waals surface area contributed by atoms with Crippen LogP contribution in [0, 0.1) is 0 Å². The van der Waals surface area contributed by atoms with Crippen molar-refractivity contribution in [3.8, 4) is 0 Å². The van der Waals surface area contributed by atoms with Crippen molar-refractivity contribution < 1.29 is 4.79 Å². The summed E-state index contributed by atoms with van der Waals surface area (Å²) in [6.45, 7) is 5.88. The van der Waals surface area contributed by atoms with Crippen molar-refractivity contribution in [3.05, 3.63) is 42.0 Å². The number of amides is 1. The van der Waals surface area contributed by atoms with E-state index >= 15 is 0 Å². The zero-order chi connectivity index (χ0) is 18.1. The molecule has 2 aliphatic rings. The van der Waals surface area contributed by atoms with Gasteiger partial charge in [-0.15, -0.1) is 0 Å². The van der Waals surface area contributed by atoms with Gasteiger partial charge in [-0.2, -0.15) is 5.10 Å². The Labute approximate surface area is 154 Å². The zero-order valence-electron chi connectivity index (χ0n) is 15.6. The molecule has 1 N–H and O–H groups in total. The minimum atomic E-state index is -0.0687. The first-order chi connectivity index (χ1) is 12.6. The molecular weight excluding hydrogens is 326 g/mol. The summed E-state index contributed by atoms with van der Waals surface area (Å²) in [5, 5.41) is 7.88. The number of anilines is 1. The van der Waals surface area contributed by atoms with Gasteiger partial charge in [-0.1, -0.05) is 32.0 Å². The van der Waals surface area contributed by atoms with E-state index in [1.54, 1.807) is 0 Å². The summed E-state index contributed by atoms with van der Waals surface area (Å²) < 4.78 is 1.98. The highest BCUT2D eigenvalue weighted by molar-refractivity contribution is 5.86. The summed E-state index contributed by atoms with van der Waals surface area (Å²) in [5.74, 6) is 2.42. The number of fused-ring (bicyclic) bond motifs is 1. The molecular formula is C20H27N5O. The highest BCUT2D eigenvalue weighted by atomic mass is 16.2. The molecule has 1 saturated heterocycles. The molecule has 0 aliphatic carbocycles. The Morgan fingerprint density at radius 1 is 1.23 bits per heavy atom. The second-order valence-electron chi connectivity index (χ2n) is 7.65. The Morgan fingerprint density at radius 3 is 2.81 bits per heavy atom. The van der Waals surface area contributed by atoms with Crippen LogP contribution in [0.5, 0.6) is 0 Å². The van der Waals surface area contributed by atoms with Crippen LogP contribution in [-0.4, -0.2) is 39.3 Å². The third kappa shape index (κ3) is 3.32. The highest BCUT2D eigenvalue weighted by Gasteiger charge is 2.33. The van der Waals surface area contributed by atoms with E-state index in [2.05, 4.69) is 46.3 Å². The van der Waals surface area contributed by atoms with Gasteiger partial charge in [0, 0.05) is 30.6 Å². The smallest absolute Gasteiger partial charge is 0.242 e. The van der Waals surface area contributed by atoms with E-state index in [0.717, 1.165) is 56.1 Å². The van der Waals surface area contributed by atoms with Crippen LogP contribution in [0.4, 0.5) is 5.69 Å². The number of hydrogen-bond donors (Lipinski definition) is 1. The monoisotopic (exact) mass is 353 g/mol. The molecule has 1 amide bonds. The second kappa shape index (κ2) is 7.09. The molecule has 0 saturated carbocycles. The van der Waals surface area contributed by atoms with Gasteiger partial charge in [0.05, 0.1) is 6.54 Å². The van der Waals surface area contributed by atoms with Crippen LogP contribution in [0.25, 0.3) is 0 Å². The lowest BCUT2D eigenvalue weighted by Gasteiger charge is -2.29. The fourth-order valence-corrected chi connectivity index (χ4v) is 3.96. The van der Waals surface area contributed by atoms with Gasteiger partial charge in [-0.3, -0.25) is 4.79 Å². The van der Waals surface area contributed by atoms with Crippen LogP contribution in [-0.2, 0) is 17.8 Å². The zero-order valence-corrected chi connectivity index (χ0v) is 15.6. The number of nitrogens with one attached hydrogen (secondary N) is 1. The van der Waals surface area contributed by atoms with Gasteiger partial charge in [0.15, 0.2) is 5.82 Å². The molecule has 1 aromatic heterocycles. The van der Waals surface area contributed by atoms with Gasteiger partial charge in [0.1, 0.15) is 11.9 Å². The average molecular weight is 353 g/mol. The van der Waals surface area contributed by atoms with Crippen LogP contribution in [0.1, 0.15) is 50.7 Å². The number of hydrogen-bond acceptors (Lipinski definition) is 4. The average Bonchev–Trinajstić information content (AvgIpc) is 3.29. The maximum atomic E-state index is 12.9. The SMILES string of the molecule is CC(C)c1nc2n(n1)CC(NC(=O)C1CCCN1c1ccccc1)CC2. The first kappa shape index (κ1) is 17.1. The molecule has 1 aromatic carbocycles. The molecule has 2 aliphatic heterocycles. The summed E-state index contributed by atoms with van der Waals surface area (Å²) in [5.41, 5.74) is 1.13. The second-order valence-corrected chi connectivity index (χ2v) is 7.65. The number of aryl methyl sites for hydroxylation is 1. The molecule has 2 atom stereocenters. The molecule has 26 heavy (non-hydrogen) atoms. The third-order valence-corrected chi connectivity index (χ3v) is 5.38. The molecule has 0 spiro atoms. The number of carbonyl (C=O) groups is 1. The molecule has 0 radical (unpaired) electrons. The van der Waals surface area contributed by atoms with E-state index in [1.165, 1.54) is 0 Å². The summed E-state index contributed by atoms with van der Waals surface area (Å²) in [6.07, 6.45) is 3.78. The predicted octanol–water partition coefficient (Wildman–Crippen LogP) is 2.50. The van der Waals surface area contributed by atoms with E-state index in [0.29, 0.717) is 5.92 Å². The Kier molecular flexibility index (Phi) is 4.66. The highest BCUT2D eigenvalue weighted by Crippen LogP contribution is 2.26. The quantitative estimate of drug-likeness (QED) is 0.917. The fourth-order valence-electron chi connectivity index (χ4n) is 3.96. The molecule has 6 nitrogen and oxygen atoms in total. The van der Waals surface area contributed by atoms with Crippen molar-refractivity contribution in [3.63, 3.8) is 0 Å². The molecule has 138 valence electrons. The van der Waals surface area contributed by atoms with Crippen molar-refractivity contribution in [2.75, 3.05) is 11.4 Å². The van der Waals surface area contributed by atoms with E-state index in [-0.39, 0.29) is 18.0 Å². The summed E-state index contributed by atoms with van der Waals surface area (Å²) in [7, 11) is 0. The lowest BCUT2D eigenvalue weighted by molar-refractivity contribution is -0.123. The van der Waals surface area contributed by atoms with Gasteiger partial charge in [0.25, 0.3) is 0 Å². The van der Waals surface area contributed by atoms with Crippen LogP contribution >= 0.6 is 0 Å². The molecule has 2 unspecified atom stereocenters. The van der Waals surface area contributed by atoms with Gasteiger partial charge in [0.2, 0.25) is 5.91 Å². The molecule has 0 bridgehead atoms. The predicted molar refractivity (Wildman–Crippen MR) is 101 cm³/mol. The number of rotatable bonds is 4. The van der Waals surface area contributed by atoms with Crippen LogP contribution in [0.2, 0.25) is 0 Å². The normalized spacial score (nSPS) is 22.5. The summed E-state index contributed by atoms with van der Waals surface area (Å²) in [6, 6.07) is 10.3. The van der Waals surface area contributed by atoms with Gasteiger partial charge >= 0.3 is 0 Å². The van der Waals surface area contributed by atoms with Crippen molar-refractivity contribution in [2.24, 2.45) is 0 Å². The van der Waals surface area contributed by atoms with Gasteiger partial charge in [-0.05, 0) is 31.4 Å². The largest absolute Gasteiger partial charge is 0.360 e. The van der Waals surface area contributed by atoms with E-state index in [9.17, 15) is 4.79 Å². The number of carbonyl (C=O) groups excluding carboxylic acids is 1. The van der Waals surface area contributed by atoms with E-state index in [4.69, 9.17) is 0 Å². The van der Waals surface area contributed by atoms with Crippen molar-refractivity contribution >= 4 is 11.6 Å². The maximum absolute atomic E-state index is 12.9. The van der Waals surface area contributed by atoms with Gasteiger partial charge in [-0.25, -0.2) is 9.67 Å². The van der Waals surface area contributed by atoms with E-state index in [1.807, 2.05) is 22.9 Å². The summed E-state index contributed by atoms with van der Waals surface area (Å²) in [4.78, 5) is 19.8. The lowest BCUT2D eigenvalue weighted by atomic mass is 10.1. The van der Waals surface area contributed by atoms with Crippen molar-refractivity contribution in [1.82, 2.24) is 20.1 Å². The van der Waals surface area contributed by atoms with Crippen LogP contribution in [0.3, 0.4) is 0 Å². The minimum Gasteiger partial charge on any atom is -0.360 e. The number of nitrogens with zero attached hydrogens (tertiary/aromatic N) is 4. The lowest BCUT2D eigenvalue weighted by Crippen LogP contribution is -2.49. The standard InChI is InChI=1S/C20H27N5O/c1-14(2)19-22-18-11-10-15(13-25(18)23-19)21-20(26)17-9-6-12-24(17)16-7-4-3-5-8-16/h3-5,7-8,14-15,17H,6,9-13H2,1-2H3,(H,21,26). The number of para-hydroxylation sites is 1. The topological polar surface area (TPSA) is 63.1 Å². The molecule has 2 aromatic rings. The molecule has 1 fully saturated rings. The van der Waals surface area contributed by atoms with Gasteiger partial charge < -0.3 is 10.2 Å². The first-order valence-corrected chi connectivity index (χ1v) is 9.67. The Morgan fingerprint density at radius 2 is 2.04 bits per heavy atom. The molecule has 6 heteroatoms. The van der Waals surface area contributed by atoms with Crippen molar-refractivity contribution in [1.29, 1.82) is 0 Å². The fraction of sp³-hybridized carbons (Fsp3) is 0.550. The third-order valence-electron chi connectivity index (χ3n) is 5.38. The molecule has 4 rings (SSSR count). The maximum Gasteiger partial charge on any atom is 0.242 e. The Bertz CT molecular complexity index is 770. The Balaban J connectivity index is 1.42.